The van der Waals surface area contributed by atoms with E-state index in [1.807, 2.05) is 31.2 Å². The van der Waals surface area contributed by atoms with Gasteiger partial charge in [-0.1, -0.05) is 43.7 Å². The number of hydrogen-bond acceptors (Lipinski definition) is 2. The lowest BCUT2D eigenvalue weighted by Crippen LogP contribution is -2.18. The molecule has 122 valence electrons. The van der Waals surface area contributed by atoms with Crippen molar-refractivity contribution in [3.05, 3.63) is 71.8 Å². The average molecular weight is 310 g/mol. The maximum atomic E-state index is 5.74. The molecular weight excluding hydrogens is 284 g/mol. The standard InChI is InChI=1S/C21H26O2/c1-16(2)14-15-23-20-12-8-18(9-13-20)21(3,4)17-6-10-19(22-5)11-7-17/h6-13H,1,14-15H2,2-5H3. The van der Waals surface area contributed by atoms with Crippen LogP contribution in [0.1, 0.15) is 38.3 Å². The fourth-order valence-electron chi connectivity index (χ4n) is 2.49. The van der Waals surface area contributed by atoms with E-state index in [1.54, 1.807) is 7.11 Å². The van der Waals surface area contributed by atoms with Crippen molar-refractivity contribution in [2.24, 2.45) is 0 Å². The van der Waals surface area contributed by atoms with E-state index < -0.39 is 0 Å². The van der Waals surface area contributed by atoms with Gasteiger partial charge in [0.15, 0.2) is 0 Å². The Hall–Kier alpha value is -2.22. The topological polar surface area (TPSA) is 18.5 Å². The molecule has 2 rings (SSSR count). The summed E-state index contributed by atoms with van der Waals surface area (Å²) in [6.45, 7) is 11.0. The monoisotopic (exact) mass is 310 g/mol. The molecule has 0 radical (unpaired) electrons. The Balaban J connectivity index is 2.11. The third kappa shape index (κ3) is 4.38. The number of hydrogen-bond donors (Lipinski definition) is 0. The highest BCUT2D eigenvalue weighted by atomic mass is 16.5. The summed E-state index contributed by atoms with van der Waals surface area (Å²) in [6, 6.07) is 16.6. The molecule has 0 saturated heterocycles. The van der Waals surface area contributed by atoms with Gasteiger partial charge < -0.3 is 9.47 Å². The van der Waals surface area contributed by atoms with Crippen LogP contribution in [0.25, 0.3) is 0 Å². The van der Waals surface area contributed by atoms with Crippen LogP contribution in [0, 0.1) is 0 Å². The number of methoxy groups -OCH3 is 1. The van der Waals surface area contributed by atoms with Crippen molar-refractivity contribution >= 4 is 0 Å². The van der Waals surface area contributed by atoms with Gasteiger partial charge in [-0.3, -0.25) is 0 Å². The van der Waals surface area contributed by atoms with Crippen molar-refractivity contribution in [1.82, 2.24) is 0 Å². The molecule has 0 spiro atoms. The van der Waals surface area contributed by atoms with E-state index in [0.29, 0.717) is 6.61 Å². The van der Waals surface area contributed by atoms with E-state index >= 15 is 0 Å². The molecule has 0 N–H and O–H groups in total. The minimum absolute atomic E-state index is 0.0670. The third-order valence-electron chi connectivity index (χ3n) is 4.19. The molecule has 0 atom stereocenters. The van der Waals surface area contributed by atoms with Gasteiger partial charge in [0.25, 0.3) is 0 Å². The van der Waals surface area contributed by atoms with E-state index in [9.17, 15) is 0 Å². The van der Waals surface area contributed by atoms with Crippen LogP contribution in [-0.2, 0) is 5.41 Å². The van der Waals surface area contributed by atoms with Crippen LogP contribution >= 0.6 is 0 Å². The van der Waals surface area contributed by atoms with Crippen molar-refractivity contribution in [2.75, 3.05) is 13.7 Å². The number of rotatable bonds is 7. The van der Waals surface area contributed by atoms with Crippen LogP contribution < -0.4 is 9.47 Å². The maximum absolute atomic E-state index is 5.74. The molecule has 2 aromatic rings. The second kappa shape index (κ2) is 7.36. The van der Waals surface area contributed by atoms with Crippen molar-refractivity contribution in [3.8, 4) is 11.5 Å². The van der Waals surface area contributed by atoms with Gasteiger partial charge in [-0.15, -0.1) is 6.58 Å². The Morgan fingerprint density at radius 3 is 1.83 bits per heavy atom. The van der Waals surface area contributed by atoms with Crippen LogP contribution in [0.4, 0.5) is 0 Å². The van der Waals surface area contributed by atoms with Crippen LogP contribution in [0.2, 0.25) is 0 Å². The normalized spacial score (nSPS) is 11.1. The number of ether oxygens (including phenoxy) is 2. The Morgan fingerprint density at radius 1 is 0.913 bits per heavy atom. The Morgan fingerprint density at radius 2 is 1.39 bits per heavy atom. The molecule has 0 amide bonds. The lowest BCUT2D eigenvalue weighted by atomic mass is 9.78. The lowest BCUT2D eigenvalue weighted by Gasteiger charge is -2.26. The molecular formula is C21H26O2. The molecule has 2 nitrogen and oxygen atoms in total. The van der Waals surface area contributed by atoms with Gasteiger partial charge in [0.2, 0.25) is 0 Å². The van der Waals surface area contributed by atoms with E-state index in [0.717, 1.165) is 23.5 Å². The Bertz CT molecular complexity index is 637. The highest BCUT2D eigenvalue weighted by Gasteiger charge is 2.23. The summed E-state index contributed by atoms with van der Waals surface area (Å²) < 4.78 is 11.0. The summed E-state index contributed by atoms with van der Waals surface area (Å²) >= 11 is 0. The summed E-state index contributed by atoms with van der Waals surface area (Å²) in [7, 11) is 1.69. The lowest BCUT2D eigenvalue weighted by molar-refractivity contribution is 0.321. The molecule has 0 aromatic heterocycles. The molecule has 0 saturated carbocycles. The zero-order chi connectivity index (χ0) is 16.9. The molecule has 0 fully saturated rings. The zero-order valence-electron chi connectivity index (χ0n) is 14.6. The third-order valence-corrected chi connectivity index (χ3v) is 4.19. The van der Waals surface area contributed by atoms with Crippen LogP contribution in [0.15, 0.2) is 60.7 Å². The smallest absolute Gasteiger partial charge is 0.119 e. The van der Waals surface area contributed by atoms with Crippen molar-refractivity contribution < 1.29 is 9.47 Å². The molecule has 0 heterocycles. The summed E-state index contributed by atoms with van der Waals surface area (Å²) in [5.74, 6) is 1.78. The fourth-order valence-corrected chi connectivity index (χ4v) is 2.49. The molecule has 2 aromatic carbocycles. The highest BCUT2D eigenvalue weighted by Crippen LogP contribution is 2.33. The van der Waals surface area contributed by atoms with Crippen LogP contribution in [0.5, 0.6) is 11.5 Å². The van der Waals surface area contributed by atoms with E-state index in [1.165, 1.54) is 11.1 Å². The van der Waals surface area contributed by atoms with Crippen molar-refractivity contribution in [2.45, 2.75) is 32.6 Å². The molecule has 0 aliphatic heterocycles. The summed E-state index contributed by atoms with van der Waals surface area (Å²) in [5, 5.41) is 0. The van der Waals surface area contributed by atoms with E-state index in [2.05, 4.69) is 44.7 Å². The second-order valence-corrected chi connectivity index (χ2v) is 6.43. The molecule has 0 unspecified atom stereocenters. The molecule has 2 heteroatoms. The molecule has 0 aliphatic carbocycles. The summed E-state index contributed by atoms with van der Waals surface area (Å²) in [6.07, 6.45) is 0.888. The quantitative estimate of drug-likeness (QED) is 0.640. The van der Waals surface area contributed by atoms with E-state index in [4.69, 9.17) is 9.47 Å². The van der Waals surface area contributed by atoms with Gasteiger partial charge in [0.05, 0.1) is 13.7 Å². The fraction of sp³-hybridized carbons (Fsp3) is 0.333. The minimum atomic E-state index is -0.0670. The molecule has 0 bridgehead atoms. The molecule has 23 heavy (non-hydrogen) atoms. The minimum Gasteiger partial charge on any atom is -0.497 e. The van der Waals surface area contributed by atoms with Gasteiger partial charge in [-0.25, -0.2) is 0 Å². The Kier molecular flexibility index (Phi) is 5.49. The van der Waals surface area contributed by atoms with Crippen LogP contribution in [0.3, 0.4) is 0 Å². The van der Waals surface area contributed by atoms with Gasteiger partial charge in [-0.2, -0.15) is 0 Å². The first-order valence-corrected chi connectivity index (χ1v) is 7.96. The maximum Gasteiger partial charge on any atom is 0.119 e. The Labute approximate surface area is 139 Å². The summed E-state index contributed by atoms with van der Waals surface area (Å²) in [4.78, 5) is 0. The predicted molar refractivity (Wildman–Crippen MR) is 96.5 cm³/mol. The van der Waals surface area contributed by atoms with Crippen LogP contribution in [-0.4, -0.2) is 13.7 Å². The largest absolute Gasteiger partial charge is 0.497 e. The molecule has 0 aliphatic rings. The predicted octanol–water partition coefficient (Wildman–Crippen LogP) is 5.37. The summed E-state index contributed by atoms with van der Waals surface area (Å²) in [5.41, 5.74) is 3.59. The van der Waals surface area contributed by atoms with Crippen molar-refractivity contribution in [1.29, 1.82) is 0 Å². The van der Waals surface area contributed by atoms with Gasteiger partial charge >= 0.3 is 0 Å². The number of benzene rings is 2. The highest BCUT2D eigenvalue weighted by molar-refractivity contribution is 5.41. The van der Waals surface area contributed by atoms with Gasteiger partial charge in [0, 0.05) is 11.8 Å². The zero-order valence-corrected chi connectivity index (χ0v) is 14.6. The average Bonchev–Trinajstić information content (AvgIpc) is 2.55. The SMILES string of the molecule is C=C(C)CCOc1ccc(C(C)(C)c2ccc(OC)cc2)cc1. The first kappa shape index (κ1) is 17.1. The second-order valence-electron chi connectivity index (χ2n) is 6.43. The van der Waals surface area contributed by atoms with E-state index in [-0.39, 0.29) is 5.41 Å². The first-order chi connectivity index (χ1) is 10.9. The van der Waals surface area contributed by atoms with Gasteiger partial charge in [0.1, 0.15) is 11.5 Å². The van der Waals surface area contributed by atoms with Gasteiger partial charge in [-0.05, 0) is 42.3 Å². The van der Waals surface area contributed by atoms with Crippen molar-refractivity contribution in [3.63, 3.8) is 0 Å². The first-order valence-electron chi connectivity index (χ1n) is 7.96.